The van der Waals surface area contributed by atoms with E-state index in [-0.39, 0.29) is 23.4 Å². The van der Waals surface area contributed by atoms with E-state index in [1.165, 1.54) is 17.0 Å². The molecule has 0 bridgehead atoms. The Morgan fingerprint density at radius 3 is 2.52 bits per heavy atom. The van der Waals surface area contributed by atoms with E-state index in [0.717, 1.165) is 31.9 Å². The average Bonchev–Trinajstić information content (AvgIpc) is 2.68. The normalized spacial score (nSPS) is 16.0. The minimum Gasteiger partial charge on any atom is -0.508 e. The van der Waals surface area contributed by atoms with Crippen molar-refractivity contribution in [3.05, 3.63) is 58.6 Å². The summed E-state index contributed by atoms with van der Waals surface area (Å²) in [5.41, 5.74) is 1.44. The van der Waals surface area contributed by atoms with Gasteiger partial charge < -0.3 is 20.2 Å². The Bertz CT molecular complexity index is 817. The van der Waals surface area contributed by atoms with E-state index in [9.17, 15) is 20.0 Å². The number of quaternary nitrogens is 1. The van der Waals surface area contributed by atoms with Crippen LogP contribution in [-0.2, 0) is 4.79 Å². The number of hydrogen-bond acceptors (Lipinski definition) is 5. The predicted molar refractivity (Wildman–Crippen MR) is 102 cm³/mol. The highest BCUT2D eigenvalue weighted by molar-refractivity contribution is 5.93. The lowest BCUT2D eigenvalue weighted by Crippen LogP contribution is -3.19. The smallest absolute Gasteiger partial charge is 0.282 e. The number of non-ortho nitro benzene ring substituents is 1. The molecule has 8 nitrogen and oxygen atoms in total. The quantitative estimate of drug-likeness (QED) is 0.539. The topological polar surface area (TPSA) is 100 Å². The lowest BCUT2D eigenvalue weighted by atomic mass is 10.2. The van der Waals surface area contributed by atoms with Crippen LogP contribution in [0.25, 0.3) is 0 Å². The molecule has 1 aliphatic heterocycles. The van der Waals surface area contributed by atoms with Crippen LogP contribution >= 0.6 is 0 Å². The SMILES string of the molecule is C[C@H](C(=O)Nc1cccc([N+](=O)[O-])c1)[NH+]1CCN(c2ccc(O)cc2)CC1. The Balaban J connectivity index is 1.56. The lowest BCUT2D eigenvalue weighted by molar-refractivity contribution is -0.914. The van der Waals surface area contributed by atoms with Crippen molar-refractivity contribution in [3.63, 3.8) is 0 Å². The number of anilines is 2. The number of carbonyl (C=O) groups is 1. The summed E-state index contributed by atoms with van der Waals surface area (Å²) in [6.07, 6.45) is 0. The minimum atomic E-state index is -0.479. The summed E-state index contributed by atoms with van der Waals surface area (Å²) in [5.74, 6) is 0.0954. The van der Waals surface area contributed by atoms with Gasteiger partial charge in [0.2, 0.25) is 0 Å². The largest absolute Gasteiger partial charge is 0.508 e. The highest BCUT2D eigenvalue weighted by Gasteiger charge is 2.29. The standard InChI is InChI=1S/C19H22N4O4/c1-14(19(25)20-15-3-2-4-17(13-15)23(26)27)21-9-11-22(12-10-21)16-5-7-18(24)8-6-16/h2-8,13-14,24H,9-12H2,1H3,(H,20,25)/p+1/t14-/m1/s1. The zero-order chi connectivity index (χ0) is 19.4. The summed E-state index contributed by atoms with van der Waals surface area (Å²) in [5, 5.41) is 23.0. The van der Waals surface area contributed by atoms with Crippen LogP contribution in [0.4, 0.5) is 17.1 Å². The zero-order valence-electron chi connectivity index (χ0n) is 15.1. The second-order valence-electron chi connectivity index (χ2n) is 6.68. The van der Waals surface area contributed by atoms with E-state index in [1.54, 1.807) is 24.3 Å². The third-order valence-electron chi connectivity index (χ3n) is 4.95. The second kappa shape index (κ2) is 8.05. The molecule has 3 N–H and O–H groups in total. The maximum atomic E-state index is 12.5. The molecule has 0 unspecified atom stereocenters. The first-order valence-corrected chi connectivity index (χ1v) is 8.88. The number of aromatic hydroxyl groups is 1. The molecule has 1 heterocycles. The fourth-order valence-corrected chi connectivity index (χ4v) is 3.28. The van der Waals surface area contributed by atoms with Gasteiger partial charge in [0.25, 0.3) is 11.6 Å². The Morgan fingerprint density at radius 1 is 1.22 bits per heavy atom. The van der Waals surface area contributed by atoms with Crippen LogP contribution in [0.5, 0.6) is 5.75 Å². The summed E-state index contributed by atoms with van der Waals surface area (Å²) in [6, 6.07) is 12.8. The molecular formula is C19H23N4O4+. The summed E-state index contributed by atoms with van der Waals surface area (Å²) in [4.78, 5) is 26.3. The molecule has 8 heteroatoms. The van der Waals surface area contributed by atoms with Crippen LogP contribution in [0.2, 0.25) is 0 Å². The van der Waals surface area contributed by atoms with Crippen LogP contribution < -0.4 is 15.1 Å². The zero-order valence-corrected chi connectivity index (χ0v) is 15.1. The number of hydrogen-bond donors (Lipinski definition) is 3. The maximum absolute atomic E-state index is 12.5. The number of nitrogens with one attached hydrogen (secondary N) is 2. The highest BCUT2D eigenvalue weighted by atomic mass is 16.6. The lowest BCUT2D eigenvalue weighted by Gasteiger charge is -2.36. The Morgan fingerprint density at radius 2 is 1.89 bits per heavy atom. The molecule has 2 aromatic carbocycles. The van der Waals surface area contributed by atoms with Crippen molar-refractivity contribution in [2.45, 2.75) is 13.0 Å². The van der Waals surface area contributed by atoms with Gasteiger partial charge in [-0.2, -0.15) is 0 Å². The van der Waals surface area contributed by atoms with E-state index in [0.29, 0.717) is 5.69 Å². The molecule has 0 saturated carbocycles. The average molecular weight is 371 g/mol. The molecule has 142 valence electrons. The van der Waals surface area contributed by atoms with E-state index in [2.05, 4.69) is 10.2 Å². The van der Waals surface area contributed by atoms with Gasteiger partial charge in [0.15, 0.2) is 6.04 Å². The van der Waals surface area contributed by atoms with Gasteiger partial charge in [0, 0.05) is 23.5 Å². The number of phenolic OH excluding ortho intramolecular Hbond substituents is 1. The number of phenols is 1. The Hall–Kier alpha value is -3.13. The van der Waals surface area contributed by atoms with Crippen LogP contribution in [0.15, 0.2) is 48.5 Å². The summed E-state index contributed by atoms with van der Waals surface area (Å²) < 4.78 is 0. The van der Waals surface area contributed by atoms with Crippen molar-refractivity contribution >= 4 is 23.0 Å². The fourth-order valence-electron chi connectivity index (χ4n) is 3.28. The van der Waals surface area contributed by atoms with Crippen LogP contribution in [0.3, 0.4) is 0 Å². The molecule has 0 spiro atoms. The van der Waals surface area contributed by atoms with Crippen molar-refractivity contribution in [2.75, 3.05) is 36.4 Å². The van der Waals surface area contributed by atoms with Gasteiger partial charge in [-0.25, -0.2) is 0 Å². The van der Waals surface area contributed by atoms with Gasteiger partial charge in [-0.05, 0) is 37.3 Å². The first kappa shape index (κ1) is 18.7. The van der Waals surface area contributed by atoms with Gasteiger partial charge in [-0.1, -0.05) is 6.07 Å². The van der Waals surface area contributed by atoms with Gasteiger partial charge in [0.1, 0.15) is 5.75 Å². The second-order valence-corrected chi connectivity index (χ2v) is 6.68. The first-order chi connectivity index (χ1) is 12.9. The van der Waals surface area contributed by atoms with Gasteiger partial charge in [-0.3, -0.25) is 14.9 Å². The third kappa shape index (κ3) is 4.53. The van der Waals surface area contributed by atoms with Crippen LogP contribution in [0.1, 0.15) is 6.92 Å². The van der Waals surface area contributed by atoms with Crippen molar-refractivity contribution in [1.29, 1.82) is 0 Å². The number of rotatable bonds is 5. The van der Waals surface area contributed by atoms with E-state index >= 15 is 0 Å². The molecule has 0 aliphatic carbocycles. The number of nitro groups is 1. The number of nitrogens with zero attached hydrogens (tertiary/aromatic N) is 2. The third-order valence-corrected chi connectivity index (χ3v) is 4.95. The molecule has 1 fully saturated rings. The molecule has 0 radical (unpaired) electrons. The molecule has 1 atom stereocenters. The van der Waals surface area contributed by atoms with E-state index < -0.39 is 4.92 Å². The highest BCUT2D eigenvalue weighted by Crippen LogP contribution is 2.19. The number of carbonyl (C=O) groups excluding carboxylic acids is 1. The molecular weight excluding hydrogens is 348 g/mol. The molecule has 2 aromatic rings. The van der Waals surface area contributed by atoms with Crippen LogP contribution in [-0.4, -0.2) is 48.2 Å². The summed E-state index contributed by atoms with van der Waals surface area (Å²) in [7, 11) is 0. The van der Waals surface area contributed by atoms with Crippen molar-refractivity contribution in [2.24, 2.45) is 0 Å². The Kier molecular flexibility index (Phi) is 5.56. The Labute approximate surface area is 157 Å². The first-order valence-electron chi connectivity index (χ1n) is 8.88. The molecule has 27 heavy (non-hydrogen) atoms. The molecule has 3 rings (SSSR count). The van der Waals surface area contributed by atoms with Gasteiger partial charge in [0.05, 0.1) is 31.1 Å². The van der Waals surface area contributed by atoms with E-state index in [4.69, 9.17) is 0 Å². The van der Waals surface area contributed by atoms with Gasteiger partial charge in [-0.15, -0.1) is 0 Å². The summed E-state index contributed by atoms with van der Waals surface area (Å²) in [6.45, 7) is 5.12. The predicted octanol–water partition coefficient (Wildman–Crippen LogP) is 1.03. The van der Waals surface area contributed by atoms with Crippen molar-refractivity contribution < 1.29 is 19.7 Å². The number of benzene rings is 2. The minimum absolute atomic E-state index is 0.0460. The molecule has 1 aliphatic rings. The number of nitro benzene ring substituents is 1. The van der Waals surface area contributed by atoms with E-state index in [1.807, 2.05) is 19.1 Å². The number of amides is 1. The molecule has 1 amide bonds. The van der Waals surface area contributed by atoms with Gasteiger partial charge >= 0.3 is 0 Å². The number of piperazine rings is 1. The fraction of sp³-hybridized carbons (Fsp3) is 0.316. The monoisotopic (exact) mass is 371 g/mol. The van der Waals surface area contributed by atoms with Crippen molar-refractivity contribution in [3.8, 4) is 5.75 Å². The summed E-state index contributed by atoms with van der Waals surface area (Å²) >= 11 is 0. The molecule has 1 saturated heterocycles. The van der Waals surface area contributed by atoms with Crippen LogP contribution in [0, 0.1) is 10.1 Å². The van der Waals surface area contributed by atoms with Crippen molar-refractivity contribution in [1.82, 2.24) is 0 Å². The molecule has 0 aromatic heterocycles. The maximum Gasteiger partial charge on any atom is 0.282 e.